The zero-order valence-electron chi connectivity index (χ0n) is 5.27. The first-order chi connectivity index (χ1) is 5.15. The molecule has 0 aliphatic heterocycles. The van der Waals surface area contributed by atoms with Crippen LogP contribution in [0.3, 0.4) is 0 Å². The number of benzene rings is 1. The lowest BCUT2D eigenvalue weighted by molar-refractivity contribution is 0.111. The molecule has 0 atom stereocenters. The topological polar surface area (TPSA) is 17.1 Å². The van der Waals surface area contributed by atoms with Crippen molar-refractivity contribution in [2.24, 2.45) is 0 Å². The van der Waals surface area contributed by atoms with Crippen LogP contribution in [0.4, 0.5) is 4.39 Å². The molecular formula is C7H3BrFIO. The van der Waals surface area contributed by atoms with Crippen LogP contribution in [-0.2, 0) is 0 Å². The fraction of sp³-hybridized carbons (Fsp3) is 0. The molecule has 0 aliphatic rings. The second kappa shape index (κ2) is 3.62. The molecule has 0 aliphatic carbocycles. The fourth-order valence-corrected chi connectivity index (χ4v) is 2.24. The summed E-state index contributed by atoms with van der Waals surface area (Å²) in [6, 6.07) is 2.96. The summed E-state index contributed by atoms with van der Waals surface area (Å²) in [4.78, 5) is 10.3. The highest BCUT2D eigenvalue weighted by Crippen LogP contribution is 2.20. The quantitative estimate of drug-likeness (QED) is 0.572. The number of carbonyl (C=O) groups is 1. The zero-order chi connectivity index (χ0) is 8.43. The second-order valence-electron chi connectivity index (χ2n) is 1.90. The standard InChI is InChI=1S/C7H3BrFIO/c8-4-1-6(9)5(3-11)7(10)2-4/h1-3H. The van der Waals surface area contributed by atoms with E-state index in [0.717, 1.165) is 0 Å². The molecular weight excluding hydrogens is 326 g/mol. The fourth-order valence-electron chi connectivity index (χ4n) is 0.666. The Kier molecular flexibility index (Phi) is 3.00. The minimum Gasteiger partial charge on any atom is -0.298 e. The molecule has 1 rings (SSSR count). The molecule has 11 heavy (non-hydrogen) atoms. The van der Waals surface area contributed by atoms with E-state index in [9.17, 15) is 9.18 Å². The molecule has 0 aromatic heterocycles. The van der Waals surface area contributed by atoms with Crippen LogP contribution < -0.4 is 0 Å². The third kappa shape index (κ3) is 1.99. The summed E-state index contributed by atoms with van der Waals surface area (Å²) in [5.41, 5.74) is 0.119. The van der Waals surface area contributed by atoms with E-state index in [0.29, 0.717) is 14.3 Å². The largest absolute Gasteiger partial charge is 0.298 e. The van der Waals surface area contributed by atoms with Gasteiger partial charge in [-0.05, 0) is 34.7 Å². The lowest BCUT2D eigenvalue weighted by Gasteiger charge is -1.98. The normalized spacial score (nSPS) is 9.73. The van der Waals surface area contributed by atoms with E-state index in [1.807, 2.05) is 22.6 Å². The molecule has 0 fully saturated rings. The predicted molar refractivity (Wildman–Crippen MR) is 52.2 cm³/mol. The van der Waals surface area contributed by atoms with Gasteiger partial charge in [0.15, 0.2) is 6.29 Å². The maximum atomic E-state index is 12.8. The summed E-state index contributed by atoms with van der Waals surface area (Å²) >= 11 is 5.03. The molecule has 1 aromatic rings. The summed E-state index contributed by atoms with van der Waals surface area (Å²) < 4.78 is 14.1. The van der Waals surface area contributed by atoms with Crippen molar-refractivity contribution >= 4 is 44.8 Å². The van der Waals surface area contributed by atoms with Gasteiger partial charge in [-0.2, -0.15) is 0 Å². The minimum atomic E-state index is -0.487. The molecule has 1 nitrogen and oxygen atoms in total. The number of carbonyl (C=O) groups excluding carboxylic acids is 1. The second-order valence-corrected chi connectivity index (χ2v) is 3.98. The van der Waals surface area contributed by atoms with Gasteiger partial charge in [0.2, 0.25) is 0 Å². The molecule has 0 saturated heterocycles. The van der Waals surface area contributed by atoms with Crippen molar-refractivity contribution in [2.75, 3.05) is 0 Å². The molecule has 0 unspecified atom stereocenters. The first kappa shape index (κ1) is 9.12. The Balaban J connectivity index is 3.36. The zero-order valence-corrected chi connectivity index (χ0v) is 9.02. The lowest BCUT2D eigenvalue weighted by atomic mass is 10.2. The van der Waals surface area contributed by atoms with Crippen molar-refractivity contribution in [2.45, 2.75) is 0 Å². The first-order valence-electron chi connectivity index (χ1n) is 2.75. The van der Waals surface area contributed by atoms with Crippen molar-refractivity contribution in [1.29, 1.82) is 0 Å². The summed E-state index contributed by atoms with van der Waals surface area (Å²) in [7, 11) is 0. The van der Waals surface area contributed by atoms with Crippen LogP contribution in [0.1, 0.15) is 10.4 Å². The van der Waals surface area contributed by atoms with E-state index < -0.39 is 5.82 Å². The average Bonchev–Trinajstić information content (AvgIpc) is 1.85. The van der Waals surface area contributed by atoms with Crippen molar-refractivity contribution in [1.82, 2.24) is 0 Å². The maximum absolute atomic E-state index is 12.8. The summed E-state index contributed by atoms with van der Waals surface area (Å²) in [5.74, 6) is -0.487. The van der Waals surface area contributed by atoms with E-state index in [1.165, 1.54) is 6.07 Å². The number of hydrogen-bond acceptors (Lipinski definition) is 1. The van der Waals surface area contributed by atoms with Crippen LogP contribution >= 0.6 is 38.5 Å². The van der Waals surface area contributed by atoms with Gasteiger partial charge in [0.25, 0.3) is 0 Å². The van der Waals surface area contributed by atoms with Crippen LogP contribution in [0.5, 0.6) is 0 Å². The van der Waals surface area contributed by atoms with Crippen LogP contribution in [-0.4, -0.2) is 6.29 Å². The highest BCUT2D eigenvalue weighted by molar-refractivity contribution is 14.1. The van der Waals surface area contributed by atoms with Gasteiger partial charge >= 0.3 is 0 Å². The molecule has 0 heterocycles. The third-order valence-corrected chi connectivity index (χ3v) is 2.51. The predicted octanol–water partition coefficient (Wildman–Crippen LogP) is 3.01. The SMILES string of the molecule is O=Cc1c(F)cc(Br)cc1I. The van der Waals surface area contributed by atoms with Gasteiger partial charge in [0.1, 0.15) is 5.82 Å². The van der Waals surface area contributed by atoms with Gasteiger partial charge in [-0.25, -0.2) is 4.39 Å². The Morgan fingerprint density at radius 1 is 1.55 bits per heavy atom. The molecule has 0 saturated carbocycles. The van der Waals surface area contributed by atoms with E-state index >= 15 is 0 Å². The van der Waals surface area contributed by atoms with Gasteiger partial charge in [0, 0.05) is 8.04 Å². The molecule has 1 aromatic carbocycles. The van der Waals surface area contributed by atoms with Gasteiger partial charge in [-0.1, -0.05) is 15.9 Å². The monoisotopic (exact) mass is 328 g/mol. The van der Waals surface area contributed by atoms with Gasteiger partial charge in [0.05, 0.1) is 5.56 Å². The smallest absolute Gasteiger partial charge is 0.154 e. The summed E-state index contributed by atoms with van der Waals surface area (Å²) in [6.07, 6.45) is 0.517. The Hall–Kier alpha value is 0.0300. The van der Waals surface area contributed by atoms with Gasteiger partial charge in [-0.3, -0.25) is 4.79 Å². The van der Waals surface area contributed by atoms with Crippen LogP contribution in [0, 0.1) is 9.39 Å². The molecule has 58 valence electrons. The van der Waals surface area contributed by atoms with Crippen LogP contribution in [0.15, 0.2) is 16.6 Å². The summed E-state index contributed by atoms with van der Waals surface area (Å²) in [5, 5.41) is 0. The maximum Gasteiger partial charge on any atom is 0.154 e. The van der Waals surface area contributed by atoms with E-state index in [2.05, 4.69) is 15.9 Å². The molecule has 0 radical (unpaired) electrons. The highest BCUT2D eigenvalue weighted by atomic mass is 127. The molecule has 0 N–H and O–H groups in total. The average molecular weight is 329 g/mol. The van der Waals surface area contributed by atoms with E-state index in [4.69, 9.17) is 0 Å². The number of rotatable bonds is 1. The molecule has 0 amide bonds. The Labute approximate surface area is 85.3 Å². The first-order valence-corrected chi connectivity index (χ1v) is 4.62. The number of hydrogen-bond donors (Lipinski definition) is 0. The third-order valence-electron chi connectivity index (χ3n) is 1.16. The van der Waals surface area contributed by atoms with Crippen molar-refractivity contribution < 1.29 is 9.18 Å². The Bertz CT molecular complexity index is 277. The van der Waals surface area contributed by atoms with Crippen LogP contribution in [0.2, 0.25) is 0 Å². The van der Waals surface area contributed by atoms with Crippen molar-refractivity contribution in [3.63, 3.8) is 0 Å². The van der Waals surface area contributed by atoms with Gasteiger partial charge < -0.3 is 0 Å². The molecule has 0 bridgehead atoms. The van der Waals surface area contributed by atoms with Crippen LogP contribution in [0.25, 0.3) is 0 Å². The van der Waals surface area contributed by atoms with Gasteiger partial charge in [-0.15, -0.1) is 0 Å². The lowest BCUT2D eigenvalue weighted by Crippen LogP contribution is -1.91. The molecule has 4 heteroatoms. The van der Waals surface area contributed by atoms with E-state index in [1.54, 1.807) is 6.07 Å². The number of aldehydes is 1. The Morgan fingerprint density at radius 2 is 2.18 bits per heavy atom. The molecule has 0 spiro atoms. The summed E-state index contributed by atoms with van der Waals surface area (Å²) in [6.45, 7) is 0. The van der Waals surface area contributed by atoms with Crippen molar-refractivity contribution in [3.8, 4) is 0 Å². The van der Waals surface area contributed by atoms with E-state index in [-0.39, 0.29) is 5.56 Å². The minimum absolute atomic E-state index is 0.119. The number of halogens is 3. The highest BCUT2D eigenvalue weighted by Gasteiger charge is 2.06. The van der Waals surface area contributed by atoms with Crippen molar-refractivity contribution in [3.05, 3.63) is 31.6 Å². The Morgan fingerprint density at radius 3 is 2.64 bits per heavy atom.